The van der Waals surface area contributed by atoms with Crippen LogP contribution in [0.3, 0.4) is 0 Å². The lowest BCUT2D eigenvalue weighted by atomic mass is 9.98. The van der Waals surface area contributed by atoms with Gasteiger partial charge in [0.25, 0.3) is 5.91 Å². The fraction of sp³-hybridized carbons (Fsp3) is 0.120. The van der Waals surface area contributed by atoms with E-state index in [4.69, 9.17) is 20.6 Å². The van der Waals surface area contributed by atoms with Gasteiger partial charge in [-0.2, -0.15) is 0 Å². The Balaban J connectivity index is 1.87. The van der Waals surface area contributed by atoms with Gasteiger partial charge in [0.15, 0.2) is 5.78 Å². The molecule has 0 unspecified atom stereocenters. The van der Waals surface area contributed by atoms with Crippen LogP contribution in [0.5, 0.6) is 5.75 Å². The van der Waals surface area contributed by atoms with Crippen LogP contribution in [0, 0.1) is 5.41 Å². The first-order chi connectivity index (χ1) is 16.3. The molecular formula is C25H24N4O5. The van der Waals surface area contributed by atoms with Gasteiger partial charge >= 0.3 is 6.09 Å². The number of nitrogens with one attached hydrogen (secondary N) is 3. The van der Waals surface area contributed by atoms with Crippen molar-refractivity contribution in [3.63, 3.8) is 0 Å². The van der Waals surface area contributed by atoms with E-state index in [1.165, 1.54) is 13.2 Å². The number of amides is 2. The molecule has 0 aliphatic heterocycles. The number of amidine groups is 1. The van der Waals surface area contributed by atoms with Crippen LogP contribution in [0.4, 0.5) is 16.2 Å². The summed E-state index contributed by atoms with van der Waals surface area (Å²) >= 11 is 0. The number of rotatable bonds is 7. The minimum absolute atomic E-state index is 0.165. The highest BCUT2D eigenvalue weighted by atomic mass is 16.5. The standard InChI is InChI=1S/C25H24N4O5/c1-3-34-25(32)29-23(27)17-7-4-6-16(14-17)22(30)19-8-5-9-20(26)21(19)28-24(31)15-10-12-18(33-2)13-11-15/h4-14H,3,26H2,1-2H3,(H,28,31)(H2,27,29,32). The predicted molar refractivity (Wildman–Crippen MR) is 129 cm³/mol. The lowest BCUT2D eigenvalue weighted by Crippen LogP contribution is -2.31. The first-order valence-corrected chi connectivity index (χ1v) is 10.4. The van der Waals surface area contributed by atoms with Crippen LogP contribution in [0.1, 0.15) is 38.8 Å². The topological polar surface area (TPSA) is 144 Å². The molecule has 3 aromatic carbocycles. The van der Waals surface area contributed by atoms with Crippen molar-refractivity contribution in [1.29, 1.82) is 5.41 Å². The molecule has 9 heteroatoms. The fourth-order valence-corrected chi connectivity index (χ4v) is 3.14. The summed E-state index contributed by atoms with van der Waals surface area (Å²) in [5.41, 5.74) is 7.60. The first-order valence-electron chi connectivity index (χ1n) is 10.4. The molecule has 0 atom stereocenters. The Morgan fingerprint density at radius 3 is 2.29 bits per heavy atom. The first kappa shape index (κ1) is 24.0. The molecule has 0 aromatic heterocycles. The van der Waals surface area contributed by atoms with Crippen LogP contribution in [0.15, 0.2) is 66.7 Å². The third-order valence-electron chi connectivity index (χ3n) is 4.85. The van der Waals surface area contributed by atoms with E-state index in [1.807, 2.05) is 0 Å². The molecule has 0 fully saturated rings. The average Bonchev–Trinajstić information content (AvgIpc) is 2.85. The summed E-state index contributed by atoms with van der Waals surface area (Å²) in [6.45, 7) is 1.82. The second kappa shape index (κ2) is 10.8. The molecule has 9 nitrogen and oxygen atoms in total. The Morgan fingerprint density at radius 2 is 1.62 bits per heavy atom. The van der Waals surface area contributed by atoms with Crippen molar-refractivity contribution in [3.8, 4) is 5.75 Å². The molecule has 0 radical (unpaired) electrons. The van der Waals surface area contributed by atoms with Crippen LogP contribution < -0.4 is 21.1 Å². The van der Waals surface area contributed by atoms with Gasteiger partial charge in [-0.05, 0) is 49.4 Å². The Kier molecular flexibility index (Phi) is 7.60. The monoisotopic (exact) mass is 460 g/mol. The molecule has 0 bridgehead atoms. The summed E-state index contributed by atoms with van der Waals surface area (Å²) in [7, 11) is 1.53. The normalized spacial score (nSPS) is 10.2. The zero-order chi connectivity index (χ0) is 24.7. The Labute approximate surface area is 196 Å². The van der Waals surface area contributed by atoms with Crippen LogP contribution >= 0.6 is 0 Å². The number of methoxy groups -OCH3 is 1. The van der Waals surface area contributed by atoms with Gasteiger partial charge in [-0.1, -0.05) is 24.3 Å². The minimum Gasteiger partial charge on any atom is -0.497 e. The number of alkyl carbamates (subject to hydrolysis) is 1. The van der Waals surface area contributed by atoms with Crippen LogP contribution in [0.25, 0.3) is 0 Å². The molecule has 3 rings (SSSR count). The van der Waals surface area contributed by atoms with Gasteiger partial charge in [-0.3, -0.25) is 20.3 Å². The SMILES string of the molecule is CCOC(=O)NC(=N)c1cccc(C(=O)c2cccc(N)c2NC(=O)c2ccc(OC)cc2)c1. The number of hydrogen-bond acceptors (Lipinski definition) is 7. The van der Waals surface area contributed by atoms with E-state index < -0.39 is 17.8 Å². The highest BCUT2D eigenvalue weighted by molar-refractivity contribution is 6.17. The summed E-state index contributed by atoms with van der Waals surface area (Å²) in [5, 5.41) is 13.1. The summed E-state index contributed by atoms with van der Waals surface area (Å²) in [6.07, 6.45) is -0.761. The molecule has 0 saturated carbocycles. The quantitative estimate of drug-likeness (QED) is 0.183. The molecule has 34 heavy (non-hydrogen) atoms. The molecule has 0 heterocycles. The third kappa shape index (κ3) is 5.57. The zero-order valence-electron chi connectivity index (χ0n) is 18.7. The lowest BCUT2D eigenvalue weighted by molar-refractivity contribution is 0.102. The Hall–Kier alpha value is -4.66. The predicted octanol–water partition coefficient (Wildman–Crippen LogP) is 3.83. The van der Waals surface area contributed by atoms with E-state index in [1.54, 1.807) is 67.6 Å². The number of benzene rings is 3. The number of anilines is 2. The number of carbonyl (C=O) groups excluding carboxylic acids is 3. The summed E-state index contributed by atoms with van der Waals surface area (Å²) in [6, 6.07) is 17.5. The van der Waals surface area contributed by atoms with Gasteiger partial charge in [0.1, 0.15) is 11.6 Å². The van der Waals surface area contributed by atoms with Gasteiger partial charge < -0.3 is 20.5 Å². The number of ketones is 1. The van der Waals surface area contributed by atoms with Crippen molar-refractivity contribution < 1.29 is 23.9 Å². The van der Waals surface area contributed by atoms with Crippen molar-refractivity contribution in [2.75, 3.05) is 24.8 Å². The zero-order valence-corrected chi connectivity index (χ0v) is 18.7. The van der Waals surface area contributed by atoms with Crippen molar-refractivity contribution in [2.45, 2.75) is 6.92 Å². The van der Waals surface area contributed by atoms with Gasteiger partial charge in [-0.25, -0.2) is 4.79 Å². The Morgan fingerprint density at radius 1 is 0.941 bits per heavy atom. The molecule has 0 aliphatic rings. The van der Waals surface area contributed by atoms with Crippen LogP contribution in [-0.4, -0.2) is 37.3 Å². The summed E-state index contributed by atoms with van der Waals surface area (Å²) < 4.78 is 9.88. The maximum absolute atomic E-state index is 13.3. The average molecular weight is 460 g/mol. The molecule has 5 N–H and O–H groups in total. The molecule has 3 aromatic rings. The molecule has 0 saturated heterocycles. The summed E-state index contributed by atoms with van der Waals surface area (Å²) in [4.78, 5) is 37.7. The fourth-order valence-electron chi connectivity index (χ4n) is 3.14. The number of nitrogen functional groups attached to an aromatic ring is 1. The number of ether oxygens (including phenoxy) is 2. The Bertz CT molecular complexity index is 1240. The number of nitrogens with two attached hydrogens (primary N) is 1. The number of para-hydroxylation sites is 1. The smallest absolute Gasteiger partial charge is 0.412 e. The highest BCUT2D eigenvalue weighted by Gasteiger charge is 2.19. The molecule has 0 aliphatic carbocycles. The molecule has 174 valence electrons. The van der Waals surface area contributed by atoms with E-state index in [2.05, 4.69) is 10.6 Å². The maximum atomic E-state index is 13.3. The van der Waals surface area contributed by atoms with Gasteiger partial charge in [0, 0.05) is 22.3 Å². The van der Waals surface area contributed by atoms with E-state index >= 15 is 0 Å². The number of carbonyl (C=O) groups is 3. The second-order valence-electron chi connectivity index (χ2n) is 7.08. The molecule has 2 amide bonds. The van der Waals surface area contributed by atoms with Gasteiger partial charge in [0.2, 0.25) is 0 Å². The maximum Gasteiger partial charge on any atom is 0.412 e. The van der Waals surface area contributed by atoms with Crippen molar-refractivity contribution in [3.05, 3.63) is 89.0 Å². The summed E-state index contributed by atoms with van der Waals surface area (Å²) in [5.74, 6) is -0.463. The highest BCUT2D eigenvalue weighted by Crippen LogP contribution is 2.27. The minimum atomic E-state index is -0.761. The van der Waals surface area contributed by atoms with Crippen LogP contribution in [0.2, 0.25) is 0 Å². The van der Waals surface area contributed by atoms with E-state index in [0.717, 1.165) is 0 Å². The van der Waals surface area contributed by atoms with E-state index in [0.29, 0.717) is 16.9 Å². The second-order valence-corrected chi connectivity index (χ2v) is 7.08. The largest absolute Gasteiger partial charge is 0.497 e. The lowest BCUT2D eigenvalue weighted by Gasteiger charge is -2.14. The molecule has 0 spiro atoms. The van der Waals surface area contributed by atoms with Crippen molar-refractivity contribution >= 4 is 35.0 Å². The van der Waals surface area contributed by atoms with Crippen molar-refractivity contribution in [1.82, 2.24) is 5.32 Å². The van der Waals surface area contributed by atoms with E-state index in [9.17, 15) is 14.4 Å². The third-order valence-corrected chi connectivity index (χ3v) is 4.85. The number of hydrogen-bond donors (Lipinski definition) is 4. The molecular weight excluding hydrogens is 436 g/mol. The van der Waals surface area contributed by atoms with Crippen LogP contribution in [-0.2, 0) is 4.74 Å². The van der Waals surface area contributed by atoms with Gasteiger partial charge in [0.05, 0.1) is 25.1 Å². The van der Waals surface area contributed by atoms with E-state index in [-0.39, 0.29) is 34.9 Å². The van der Waals surface area contributed by atoms with Crippen molar-refractivity contribution in [2.24, 2.45) is 0 Å². The van der Waals surface area contributed by atoms with Gasteiger partial charge in [-0.15, -0.1) is 0 Å².